The third kappa shape index (κ3) is 5.78. The van der Waals surface area contributed by atoms with Gasteiger partial charge < -0.3 is 15.4 Å². The Morgan fingerprint density at radius 1 is 1.07 bits per heavy atom. The predicted octanol–water partition coefficient (Wildman–Crippen LogP) is 2.47. The van der Waals surface area contributed by atoms with Crippen molar-refractivity contribution in [2.45, 2.75) is 19.4 Å². The maximum absolute atomic E-state index is 12.8. The molecule has 0 spiro atoms. The second kappa shape index (κ2) is 9.68. The molecule has 152 valence electrons. The van der Waals surface area contributed by atoms with Crippen molar-refractivity contribution in [3.8, 4) is 5.75 Å². The van der Waals surface area contributed by atoms with Crippen molar-refractivity contribution in [3.05, 3.63) is 65.5 Å². The van der Waals surface area contributed by atoms with Crippen LogP contribution in [0.15, 0.2) is 48.5 Å². The fraction of sp³-hybridized carbons (Fsp3) is 0.286. The van der Waals surface area contributed by atoms with Gasteiger partial charge in [0.15, 0.2) is 0 Å². The molecule has 4 amide bonds. The van der Waals surface area contributed by atoms with E-state index in [9.17, 15) is 18.8 Å². The largest absolute Gasteiger partial charge is 0.494 e. The molecule has 8 heteroatoms. The van der Waals surface area contributed by atoms with E-state index in [-0.39, 0.29) is 30.7 Å². The minimum atomic E-state index is -0.403. The number of ether oxygens (including phenoxy) is 1. The lowest BCUT2D eigenvalue weighted by Crippen LogP contribution is -2.30. The first-order valence-electron chi connectivity index (χ1n) is 9.36. The first kappa shape index (κ1) is 20.3. The topological polar surface area (TPSA) is 87.7 Å². The monoisotopic (exact) mass is 399 g/mol. The molecule has 1 fully saturated rings. The fourth-order valence-electron chi connectivity index (χ4n) is 2.81. The standard InChI is InChI=1S/C21H22FN3O4/c22-17-7-9-18(10-8-17)29-12-2-1-11-23-20(27)16-5-3-15(4-6-16)14-25-19(26)13-24-21(25)28/h3-10H,1-2,11-14H2,(H,23,27)(H,24,28). The van der Waals surface area contributed by atoms with E-state index >= 15 is 0 Å². The summed E-state index contributed by atoms with van der Waals surface area (Å²) >= 11 is 0. The van der Waals surface area contributed by atoms with Gasteiger partial charge in [-0.05, 0) is 54.8 Å². The lowest BCUT2D eigenvalue weighted by Gasteiger charge is -2.12. The second-order valence-electron chi connectivity index (χ2n) is 6.60. The van der Waals surface area contributed by atoms with Crippen LogP contribution in [0, 0.1) is 5.82 Å². The maximum atomic E-state index is 12.8. The highest BCUT2D eigenvalue weighted by molar-refractivity contribution is 6.01. The van der Waals surface area contributed by atoms with Gasteiger partial charge in [0.1, 0.15) is 11.6 Å². The van der Waals surface area contributed by atoms with Crippen molar-refractivity contribution >= 4 is 17.8 Å². The van der Waals surface area contributed by atoms with E-state index < -0.39 is 6.03 Å². The van der Waals surface area contributed by atoms with E-state index in [1.165, 1.54) is 12.1 Å². The normalized spacial score (nSPS) is 13.3. The van der Waals surface area contributed by atoms with E-state index in [4.69, 9.17) is 4.74 Å². The third-order valence-electron chi connectivity index (χ3n) is 4.43. The zero-order valence-electron chi connectivity index (χ0n) is 15.8. The Kier molecular flexibility index (Phi) is 6.78. The molecule has 2 aromatic rings. The number of hydrogen-bond donors (Lipinski definition) is 2. The number of benzene rings is 2. The molecule has 1 aliphatic heterocycles. The maximum Gasteiger partial charge on any atom is 0.324 e. The van der Waals surface area contributed by atoms with Gasteiger partial charge in [-0.15, -0.1) is 0 Å². The van der Waals surface area contributed by atoms with Crippen LogP contribution in [-0.2, 0) is 11.3 Å². The molecule has 0 unspecified atom stereocenters. The number of carbonyl (C=O) groups is 3. The van der Waals surface area contributed by atoms with E-state index in [0.717, 1.165) is 23.3 Å². The summed E-state index contributed by atoms with van der Waals surface area (Å²) in [5.74, 6) is -0.141. The number of imide groups is 1. The van der Waals surface area contributed by atoms with Crippen molar-refractivity contribution in [1.82, 2.24) is 15.5 Å². The van der Waals surface area contributed by atoms with Gasteiger partial charge in [0.25, 0.3) is 5.91 Å². The molecule has 29 heavy (non-hydrogen) atoms. The van der Waals surface area contributed by atoms with Gasteiger partial charge in [-0.1, -0.05) is 12.1 Å². The second-order valence-corrected chi connectivity index (χ2v) is 6.60. The summed E-state index contributed by atoms with van der Waals surface area (Å²) in [5.41, 5.74) is 1.28. The van der Waals surface area contributed by atoms with Gasteiger partial charge in [0, 0.05) is 12.1 Å². The zero-order valence-corrected chi connectivity index (χ0v) is 15.8. The molecule has 0 aliphatic carbocycles. The van der Waals surface area contributed by atoms with Crippen molar-refractivity contribution in [3.63, 3.8) is 0 Å². The number of carbonyl (C=O) groups excluding carboxylic acids is 3. The highest BCUT2D eigenvalue weighted by atomic mass is 19.1. The molecule has 1 aliphatic rings. The first-order chi connectivity index (χ1) is 14.0. The Hall–Kier alpha value is -3.42. The summed E-state index contributed by atoms with van der Waals surface area (Å²) in [4.78, 5) is 36.5. The molecule has 1 heterocycles. The van der Waals surface area contributed by atoms with Crippen LogP contribution in [0.25, 0.3) is 0 Å². The summed E-state index contributed by atoms with van der Waals surface area (Å²) < 4.78 is 18.3. The number of unbranched alkanes of at least 4 members (excludes halogenated alkanes) is 1. The molecule has 7 nitrogen and oxygen atoms in total. The summed E-state index contributed by atoms with van der Waals surface area (Å²) in [7, 11) is 0. The molecule has 0 atom stereocenters. The number of urea groups is 1. The van der Waals surface area contributed by atoms with Crippen LogP contribution < -0.4 is 15.4 Å². The molecule has 2 N–H and O–H groups in total. The summed E-state index contributed by atoms with van der Waals surface area (Å²) in [6, 6.07) is 12.2. The number of nitrogens with one attached hydrogen (secondary N) is 2. The molecule has 1 saturated heterocycles. The van der Waals surface area contributed by atoms with Gasteiger partial charge in [-0.3, -0.25) is 14.5 Å². The third-order valence-corrected chi connectivity index (χ3v) is 4.43. The highest BCUT2D eigenvalue weighted by Gasteiger charge is 2.28. The van der Waals surface area contributed by atoms with Crippen LogP contribution >= 0.6 is 0 Å². The van der Waals surface area contributed by atoms with E-state index in [2.05, 4.69) is 10.6 Å². The van der Waals surface area contributed by atoms with Crippen LogP contribution in [-0.4, -0.2) is 42.4 Å². The Morgan fingerprint density at radius 2 is 1.79 bits per heavy atom. The Labute approximate surface area is 167 Å². The Bertz CT molecular complexity index is 852. The Balaban J connectivity index is 1.35. The van der Waals surface area contributed by atoms with Crippen LogP contribution in [0.5, 0.6) is 5.75 Å². The quantitative estimate of drug-likeness (QED) is 0.501. The molecular weight excluding hydrogens is 377 g/mol. The molecule has 2 aromatic carbocycles. The smallest absolute Gasteiger partial charge is 0.324 e. The van der Waals surface area contributed by atoms with Gasteiger partial charge in [0.2, 0.25) is 5.91 Å². The minimum Gasteiger partial charge on any atom is -0.494 e. The van der Waals surface area contributed by atoms with Crippen LogP contribution in [0.1, 0.15) is 28.8 Å². The van der Waals surface area contributed by atoms with Crippen molar-refractivity contribution in [2.24, 2.45) is 0 Å². The summed E-state index contributed by atoms with van der Waals surface area (Å²) in [6.07, 6.45) is 1.50. The minimum absolute atomic E-state index is 0.0221. The van der Waals surface area contributed by atoms with Gasteiger partial charge in [0.05, 0.1) is 19.7 Å². The summed E-state index contributed by atoms with van der Waals surface area (Å²) in [5, 5.41) is 5.31. The SMILES string of the molecule is O=C(NCCCCOc1ccc(F)cc1)c1ccc(CN2C(=O)CNC2=O)cc1. The van der Waals surface area contributed by atoms with Crippen molar-refractivity contribution < 1.29 is 23.5 Å². The van der Waals surface area contributed by atoms with Crippen LogP contribution in [0.2, 0.25) is 0 Å². The fourth-order valence-corrected chi connectivity index (χ4v) is 2.81. The first-order valence-corrected chi connectivity index (χ1v) is 9.36. The number of rotatable bonds is 9. The molecule has 0 bridgehead atoms. The van der Waals surface area contributed by atoms with E-state index in [0.29, 0.717) is 24.5 Å². The molecular formula is C21H22FN3O4. The molecule has 3 rings (SSSR count). The summed E-state index contributed by atoms with van der Waals surface area (Å²) in [6.45, 7) is 1.20. The van der Waals surface area contributed by atoms with Crippen LogP contribution in [0.3, 0.4) is 0 Å². The number of halogens is 1. The molecule has 0 saturated carbocycles. The van der Waals surface area contributed by atoms with E-state index in [1.807, 2.05) is 0 Å². The van der Waals surface area contributed by atoms with Gasteiger partial charge in [-0.2, -0.15) is 0 Å². The molecule has 0 aromatic heterocycles. The lowest BCUT2D eigenvalue weighted by molar-refractivity contribution is -0.125. The zero-order chi connectivity index (χ0) is 20.6. The molecule has 0 radical (unpaired) electrons. The average molecular weight is 399 g/mol. The highest BCUT2D eigenvalue weighted by Crippen LogP contribution is 2.12. The van der Waals surface area contributed by atoms with E-state index in [1.54, 1.807) is 36.4 Å². The number of amides is 4. The van der Waals surface area contributed by atoms with Gasteiger partial charge >= 0.3 is 6.03 Å². The van der Waals surface area contributed by atoms with Crippen molar-refractivity contribution in [1.29, 1.82) is 0 Å². The van der Waals surface area contributed by atoms with Crippen LogP contribution in [0.4, 0.5) is 9.18 Å². The lowest BCUT2D eigenvalue weighted by atomic mass is 10.1. The van der Waals surface area contributed by atoms with Crippen molar-refractivity contribution in [2.75, 3.05) is 19.7 Å². The average Bonchev–Trinajstić information content (AvgIpc) is 3.04. The number of hydrogen-bond acceptors (Lipinski definition) is 4. The van der Waals surface area contributed by atoms with Gasteiger partial charge in [-0.25, -0.2) is 9.18 Å². The Morgan fingerprint density at radius 3 is 2.45 bits per heavy atom. The number of nitrogens with zero attached hydrogens (tertiary/aromatic N) is 1. The predicted molar refractivity (Wildman–Crippen MR) is 104 cm³/mol.